The monoisotopic (exact) mass is 299 g/mol. The molecule has 0 radical (unpaired) electrons. The zero-order valence-electron chi connectivity index (χ0n) is 11.2. The number of rotatable bonds is 3. The summed E-state index contributed by atoms with van der Waals surface area (Å²) in [6.07, 6.45) is 1.94. The summed E-state index contributed by atoms with van der Waals surface area (Å²) in [5.74, 6) is -0.257. The third-order valence-corrected chi connectivity index (χ3v) is 3.45. The van der Waals surface area contributed by atoms with Gasteiger partial charge in [-0.05, 0) is 26.0 Å². The van der Waals surface area contributed by atoms with Gasteiger partial charge in [0.2, 0.25) is 0 Å². The van der Waals surface area contributed by atoms with Crippen molar-refractivity contribution in [2.45, 2.75) is 18.9 Å². The van der Waals surface area contributed by atoms with E-state index in [2.05, 4.69) is 5.32 Å². The van der Waals surface area contributed by atoms with Gasteiger partial charge in [0.25, 0.3) is 11.6 Å². The zero-order valence-corrected chi connectivity index (χ0v) is 12.1. The van der Waals surface area contributed by atoms with Gasteiger partial charge in [0, 0.05) is 25.2 Å². The van der Waals surface area contributed by atoms with Crippen LogP contribution in [-0.4, -0.2) is 41.9 Å². The summed E-state index contributed by atoms with van der Waals surface area (Å²) in [4.78, 5) is 24.5. The summed E-state index contributed by atoms with van der Waals surface area (Å²) >= 11 is 0. The standard InChI is InChI=1S/C13H17N3O3.ClH/c1-14-10-5-4-8-15(9-10)13(17)11-6-2-3-7-12(11)16(18)19;/h2-3,6-7,10,14H,4-5,8-9H2,1H3;1H. The molecule has 0 spiro atoms. The summed E-state index contributed by atoms with van der Waals surface area (Å²) in [6, 6.07) is 6.37. The Kier molecular flexibility index (Phi) is 5.91. The molecule has 20 heavy (non-hydrogen) atoms. The van der Waals surface area contributed by atoms with E-state index in [0.29, 0.717) is 13.1 Å². The van der Waals surface area contributed by atoms with Gasteiger partial charge in [-0.2, -0.15) is 0 Å². The number of piperidine rings is 1. The number of likely N-dealkylation sites (N-methyl/N-ethyl adjacent to an activating group) is 1. The molecular weight excluding hydrogens is 282 g/mol. The lowest BCUT2D eigenvalue weighted by atomic mass is 10.0. The van der Waals surface area contributed by atoms with E-state index >= 15 is 0 Å². The molecule has 1 heterocycles. The Balaban J connectivity index is 0.00000200. The van der Waals surface area contributed by atoms with Gasteiger partial charge in [-0.25, -0.2) is 0 Å². The van der Waals surface area contributed by atoms with Crippen molar-refractivity contribution in [3.05, 3.63) is 39.9 Å². The first-order valence-corrected chi connectivity index (χ1v) is 6.33. The van der Waals surface area contributed by atoms with Gasteiger partial charge in [0.05, 0.1) is 4.92 Å². The molecule has 7 heteroatoms. The molecule has 0 aromatic heterocycles. The highest BCUT2D eigenvalue weighted by atomic mass is 35.5. The molecule has 110 valence electrons. The van der Waals surface area contributed by atoms with Gasteiger partial charge in [-0.15, -0.1) is 12.4 Å². The highest BCUT2D eigenvalue weighted by Gasteiger charge is 2.27. The lowest BCUT2D eigenvalue weighted by molar-refractivity contribution is -0.385. The highest BCUT2D eigenvalue weighted by Crippen LogP contribution is 2.21. The van der Waals surface area contributed by atoms with Crippen LogP contribution in [0.15, 0.2) is 24.3 Å². The number of carbonyl (C=O) groups is 1. The van der Waals surface area contributed by atoms with Crippen LogP contribution < -0.4 is 5.32 Å². The normalized spacial score (nSPS) is 18.2. The van der Waals surface area contributed by atoms with Crippen LogP contribution in [0.3, 0.4) is 0 Å². The molecule has 1 saturated heterocycles. The number of halogens is 1. The molecule has 0 aliphatic carbocycles. The maximum Gasteiger partial charge on any atom is 0.282 e. The quantitative estimate of drug-likeness (QED) is 0.682. The van der Waals surface area contributed by atoms with E-state index in [0.717, 1.165) is 12.8 Å². The minimum atomic E-state index is -0.507. The van der Waals surface area contributed by atoms with Crippen LogP contribution in [0.2, 0.25) is 0 Å². The Bertz CT molecular complexity index is 496. The van der Waals surface area contributed by atoms with Crippen molar-refractivity contribution in [1.82, 2.24) is 10.2 Å². The summed E-state index contributed by atoms with van der Waals surface area (Å²) in [5, 5.41) is 14.1. The molecule has 1 aromatic carbocycles. The molecule has 1 aromatic rings. The molecule has 1 fully saturated rings. The summed E-state index contributed by atoms with van der Waals surface area (Å²) in [5.41, 5.74) is 0.0448. The number of nitro benzene ring substituents is 1. The molecule has 1 N–H and O–H groups in total. The number of carbonyl (C=O) groups excluding carboxylic acids is 1. The predicted molar refractivity (Wildman–Crippen MR) is 78.3 cm³/mol. The Morgan fingerprint density at radius 1 is 1.45 bits per heavy atom. The fraction of sp³-hybridized carbons (Fsp3) is 0.462. The molecule has 0 bridgehead atoms. The van der Waals surface area contributed by atoms with Crippen LogP contribution in [0.25, 0.3) is 0 Å². The largest absolute Gasteiger partial charge is 0.337 e. The van der Waals surface area contributed by atoms with E-state index in [9.17, 15) is 14.9 Å². The van der Waals surface area contributed by atoms with Crippen molar-refractivity contribution in [2.75, 3.05) is 20.1 Å². The lowest BCUT2D eigenvalue weighted by Crippen LogP contribution is -2.47. The van der Waals surface area contributed by atoms with Crippen LogP contribution in [0, 0.1) is 10.1 Å². The van der Waals surface area contributed by atoms with E-state index in [-0.39, 0.29) is 35.6 Å². The molecule has 1 amide bonds. The fourth-order valence-corrected chi connectivity index (χ4v) is 2.38. The van der Waals surface area contributed by atoms with Crippen molar-refractivity contribution < 1.29 is 9.72 Å². The van der Waals surface area contributed by atoms with Crippen LogP contribution >= 0.6 is 12.4 Å². The average Bonchev–Trinajstić information content (AvgIpc) is 2.46. The second-order valence-corrected chi connectivity index (χ2v) is 4.65. The maximum absolute atomic E-state index is 12.4. The molecule has 0 saturated carbocycles. The first kappa shape index (κ1) is 16.4. The molecular formula is C13H18ClN3O3. The van der Waals surface area contributed by atoms with Gasteiger partial charge in [-0.1, -0.05) is 12.1 Å². The summed E-state index contributed by atoms with van der Waals surface area (Å²) in [7, 11) is 1.86. The van der Waals surface area contributed by atoms with Crippen molar-refractivity contribution in [1.29, 1.82) is 0 Å². The second kappa shape index (κ2) is 7.21. The van der Waals surface area contributed by atoms with Crippen LogP contribution in [-0.2, 0) is 0 Å². The number of para-hydroxylation sites is 1. The number of hydrogen-bond acceptors (Lipinski definition) is 4. The minimum Gasteiger partial charge on any atom is -0.337 e. The summed E-state index contributed by atoms with van der Waals surface area (Å²) < 4.78 is 0. The van der Waals surface area contributed by atoms with Crippen molar-refractivity contribution >= 4 is 24.0 Å². The maximum atomic E-state index is 12.4. The minimum absolute atomic E-state index is 0. The summed E-state index contributed by atoms with van der Waals surface area (Å²) in [6.45, 7) is 1.25. The van der Waals surface area contributed by atoms with Crippen molar-refractivity contribution in [3.63, 3.8) is 0 Å². The fourth-order valence-electron chi connectivity index (χ4n) is 2.38. The third-order valence-electron chi connectivity index (χ3n) is 3.45. The number of nitro groups is 1. The number of nitrogens with zero attached hydrogens (tertiary/aromatic N) is 2. The number of nitrogens with one attached hydrogen (secondary N) is 1. The number of likely N-dealkylation sites (tertiary alicyclic amines) is 1. The van der Waals surface area contributed by atoms with Gasteiger partial charge in [0.15, 0.2) is 0 Å². The number of benzene rings is 1. The molecule has 2 rings (SSSR count). The molecule has 1 unspecified atom stereocenters. The van der Waals surface area contributed by atoms with E-state index in [1.807, 2.05) is 7.05 Å². The van der Waals surface area contributed by atoms with Gasteiger partial charge in [0.1, 0.15) is 5.56 Å². The highest BCUT2D eigenvalue weighted by molar-refractivity contribution is 5.98. The van der Waals surface area contributed by atoms with Crippen molar-refractivity contribution in [3.8, 4) is 0 Å². The van der Waals surface area contributed by atoms with Crippen LogP contribution in [0.4, 0.5) is 5.69 Å². The first-order valence-electron chi connectivity index (χ1n) is 6.33. The average molecular weight is 300 g/mol. The SMILES string of the molecule is CNC1CCCN(C(=O)c2ccccc2[N+](=O)[O-])C1.Cl. The number of amides is 1. The van der Waals surface area contributed by atoms with E-state index in [1.165, 1.54) is 12.1 Å². The third kappa shape index (κ3) is 3.46. The van der Waals surface area contributed by atoms with E-state index in [4.69, 9.17) is 0 Å². The zero-order chi connectivity index (χ0) is 13.8. The Labute approximate surface area is 123 Å². The van der Waals surface area contributed by atoms with E-state index in [1.54, 1.807) is 17.0 Å². The van der Waals surface area contributed by atoms with Crippen LogP contribution in [0.1, 0.15) is 23.2 Å². The smallest absolute Gasteiger partial charge is 0.282 e. The Morgan fingerprint density at radius 3 is 2.80 bits per heavy atom. The second-order valence-electron chi connectivity index (χ2n) is 4.65. The van der Waals surface area contributed by atoms with Gasteiger partial charge >= 0.3 is 0 Å². The molecule has 1 aliphatic rings. The van der Waals surface area contributed by atoms with E-state index < -0.39 is 4.92 Å². The number of hydrogen-bond donors (Lipinski definition) is 1. The van der Waals surface area contributed by atoms with Gasteiger partial charge in [-0.3, -0.25) is 14.9 Å². The molecule has 6 nitrogen and oxygen atoms in total. The Hall–Kier alpha value is -1.66. The predicted octanol–water partition coefficient (Wildman–Crippen LogP) is 1.84. The topological polar surface area (TPSA) is 75.5 Å². The lowest BCUT2D eigenvalue weighted by Gasteiger charge is -2.32. The Morgan fingerprint density at radius 2 is 2.15 bits per heavy atom. The molecule has 1 atom stereocenters. The first-order chi connectivity index (χ1) is 9.13. The van der Waals surface area contributed by atoms with Crippen LogP contribution in [0.5, 0.6) is 0 Å². The molecule has 1 aliphatic heterocycles. The van der Waals surface area contributed by atoms with Crippen molar-refractivity contribution in [2.24, 2.45) is 0 Å². The van der Waals surface area contributed by atoms with Gasteiger partial charge < -0.3 is 10.2 Å².